The molecule has 1 rings (SSSR count). The van der Waals surface area contributed by atoms with Crippen LogP contribution in [0.3, 0.4) is 0 Å². The molecule has 8 heavy (non-hydrogen) atoms. The molecule has 1 aliphatic heterocycles. The average Bonchev–Trinajstić information content (AvgIpc) is 1.85. The Bertz CT molecular complexity index is 76.5. The van der Waals surface area contributed by atoms with Crippen molar-refractivity contribution >= 4 is 0 Å². The van der Waals surface area contributed by atoms with Gasteiger partial charge in [0.15, 0.2) is 6.29 Å². The molecular formula is C5H11NO2. The molecule has 2 atom stereocenters. The maximum Gasteiger partial charge on any atom is 0.178 e. The molecule has 2 unspecified atom stereocenters. The molecule has 0 aliphatic carbocycles. The fourth-order valence-electron chi connectivity index (χ4n) is 0.827. The lowest BCUT2D eigenvalue weighted by Gasteiger charge is -2.04. The molecule has 0 aromatic heterocycles. The monoisotopic (exact) mass is 117 g/mol. The van der Waals surface area contributed by atoms with Crippen LogP contribution in [0.25, 0.3) is 0 Å². The minimum Gasteiger partial charge on any atom is -0.366 e. The lowest BCUT2D eigenvalue weighted by atomic mass is 10.2. The highest BCUT2D eigenvalue weighted by molar-refractivity contribution is 4.62. The lowest BCUT2D eigenvalue weighted by Crippen LogP contribution is -2.12. The molecule has 0 saturated carbocycles. The van der Waals surface area contributed by atoms with Crippen molar-refractivity contribution in [3.63, 3.8) is 0 Å². The van der Waals surface area contributed by atoms with E-state index >= 15 is 0 Å². The molecule has 0 bridgehead atoms. The zero-order chi connectivity index (χ0) is 6.15. The summed E-state index contributed by atoms with van der Waals surface area (Å²) in [5.74, 6) is 0.250. The second-order valence-corrected chi connectivity index (χ2v) is 2.28. The fraction of sp³-hybridized carbons (Fsp3) is 1.00. The van der Waals surface area contributed by atoms with Gasteiger partial charge in [0.1, 0.15) is 0 Å². The van der Waals surface area contributed by atoms with E-state index in [0.717, 1.165) is 6.54 Å². The zero-order valence-electron chi connectivity index (χ0n) is 5.16. The predicted octanol–water partition coefficient (Wildman–Crippen LogP) is -0.182. The third-order valence-corrected chi connectivity index (χ3v) is 1.32. The number of aliphatic hydroxyl groups excluding tert-OH is 1. The Labute approximate surface area is 48.8 Å². The van der Waals surface area contributed by atoms with Gasteiger partial charge in [0, 0.05) is 19.5 Å². The Morgan fingerprint density at radius 3 is 2.50 bits per heavy atom. The van der Waals surface area contributed by atoms with Crippen molar-refractivity contribution in [2.75, 3.05) is 13.6 Å². The second kappa shape index (κ2) is 2.01. The summed E-state index contributed by atoms with van der Waals surface area (Å²) in [6.45, 7) is 2.77. The van der Waals surface area contributed by atoms with Crippen LogP contribution in [0, 0.1) is 5.92 Å². The van der Waals surface area contributed by atoms with Crippen LogP contribution in [0.15, 0.2) is 0 Å². The molecule has 1 heterocycles. The van der Waals surface area contributed by atoms with Crippen LogP contribution in [0.2, 0.25) is 0 Å². The second-order valence-electron chi connectivity index (χ2n) is 2.28. The Balaban J connectivity index is 2.39. The smallest absolute Gasteiger partial charge is 0.178 e. The molecule has 0 aromatic carbocycles. The number of aliphatic hydroxyl groups is 1. The summed E-state index contributed by atoms with van der Waals surface area (Å²) in [4.78, 5) is 4.86. The highest BCUT2D eigenvalue weighted by atomic mass is 16.8. The van der Waals surface area contributed by atoms with Gasteiger partial charge >= 0.3 is 0 Å². The van der Waals surface area contributed by atoms with Crippen LogP contribution in [0.4, 0.5) is 0 Å². The first-order chi connectivity index (χ1) is 3.70. The molecule has 48 valence electrons. The zero-order valence-corrected chi connectivity index (χ0v) is 5.16. The Kier molecular flexibility index (Phi) is 1.51. The minimum absolute atomic E-state index is 0.250. The van der Waals surface area contributed by atoms with E-state index in [0.29, 0.717) is 0 Å². The molecule has 0 spiro atoms. The van der Waals surface area contributed by atoms with Gasteiger partial charge in [-0.15, -0.1) is 0 Å². The van der Waals surface area contributed by atoms with Crippen LogP contribution in [-0.2, 0) is 4.84 Å². The van der Waals surface area contributed by atoms with Gasteiger partial charge in [0.05, 0.1) is 0 Å². The van der Waals surface area contributed by atoms with Crippen molar-refractivity contribution in [3.8, 4) is 0 Å². The first-order valence-corrected chi connectivity index (χ1v) is 2.76. The van der Waals surface area contributed by atoms with E-state index in [1.54, 1.807) is 5.06 Å². The maximum absolute atomic E-state index is 8.90. The summed E-state index contributed by atoms with van der Waals surface area (Å²) in [5.41, 5.74) is 0. The van der Waals surface area contributed by atoms with Gasteiger partial charge in [-0.05, 0) is 0 Å². The number of rotatable bonds is 0. The van der Waals surface area contributed by atoms with Crippen LogP contribution >= 0.6 is 0 Å². The van der Waals surface area contributed by atoms with Crippen molar-refractivity contribution in [2.24, 2.45) is 5.92 Å². The van der Waals surface area contributed by atoms with Gasteiger partial charge in [-0.1, -0.05) is 6.92 Å². The molecule has 3 nitrogen and oxygen atoms in total. The number of hydrogen-bond donors (Lipinski definition) is 1. The van der Waals surface area contributed by atoms with Crippen molar-refractivity contribution in [3.05, 3.63) is 0 Å². The minimum atomic E-state index is -0.583. The van der Waals surface area contributed by atoms with Crippen molar-refractivity contribution in [2.45, 2.75) is 13.2 Å². The average molecular weight is 117 g/mol. The quantitative estimate of drug-likeness (QED) is 0.477. The maximum atomic E-state index is 8.90. The van der Waals surface area contributed by atoms with E-state index in [1.165, 1.54) is 0 Å². The molecule has 1 saturated heterocycles. The number of hydrogen-bond acceptors (Lipinski definition) is 3. The fourth-order valence-corrected chi connectivity index (χ4v) is 0.827. The molecule has 1 fully saturated rings. The molecule has 3 heteroatoms. The summed E-state index contributed by atoms with van der Waals surface area (Å²) in [6.07, 6.45) is -0.583. The summed E-state index contributed by atoms with van der Waals surface area (Å²) >= 11 is 0. The molecule has 0 radical (unpaired) electrons. The van der Waals surface area contributed by atoms with Crippen LogP contribution in [-0.4, -0.2) is 30.1 Å². The Hall–Kier alpha value is -0.120. The van der Waals surface area contributed by atoms with Gasteiger partial charge in [0.25, 0.3) is 0 Å². The summed E-state index contributed by atoms with van der Waals surface area (Å²) in [6, 6.07) is 0. The Morgan fingerprint density at radius 2 is 2.38 bits per heavy atom. The summed E-state index contributed by atoms with van der Waals surface area (Å²) in [7, 11) is 1.81. The molecule has 1 N–H and O–H groups in total. The van der Waals surface area contributed by atoms with Crippen molar-refractivity contribution < 1.29 is 9.94 Å². The predicted molar refractivity (Wildman–Crippen MR) is 28.9 cm³/mol. The van der Waals surface area contributed by atoms with E-state index in [1.807, 2.05) is 14.0 Å². The highest BCUT2D eigenvalue weighted by Crippen LogP contribution is 2.14. The Morgan fingerprint density at radius 1 is 1.75 bits per heavy atom. The molecule has 0 amide bonds. The van der Waals surface area contributed by atoms with Crippen LogP contribution in [0.5, 0.6) is 0 Å². The van der Waals surface area contributed by atoms with E-state index in [2.05, 4.69) is 0 Å². The van der Waals surface area contributed by atoms with Crippen molar-refractivity contribution in [1.82, 2.24) is 5.06 Å². The van der Waals surface area contributed by atoms with Crippen LogP contribution < -0.4 is 0 Å². The largest absolute Gasteiger partial charge is 0.366 e. The molecule has 0 aromatic rings. The number of hydroxylamine groups is 2. The topological polar surface area (TPSA) is 32.7 Å². The van der Waals surface area contributed by atoms with Gasteiger partial charge in [-0.2, -0.15) is 5.06 Å². The summed E-state index contributed by atoms with van der Waals surface area (Å²) < 4.78 is 0. The van der Waals surface area contributed by atoms with E-state index < -0.39 is 6.29 Å². The lowest BCUT2D eigenvalue weighted by molar-refractivity contribution is -0.205. The van der Waals surface area contributed by atoms with Gasteiger partial charge in [-0.3, -0.25) is 4.84 Å². The third kappa shape index (κ3) is 0.992. The first-order valence-electron chi connectivity index (χ1n) is 2.76. The highest BCUT2D eigenvalue weighted by Gasteiger charge is 2.25. The SMILES string of the molecule is CC1CN(C)OC1O. The first kappa shape index (κ1) is 6.01. The van der Waals surface area contributed by atoms with E-state index in [-0.39, 0.29) is 5.92 Å². The third-order valence-electron chi connectivity index (χ3n) is 1.32. The van der Waals surface area contributed by atoms with Crippen molar-refractivity contribution in [1.29, 1.82) is 0 Å². The standard InChI is InChI=1S/C5H11NO2/c1-4-3-6(2)8-5(4)7/h4-5,7H,3H2,1-2H3. The van der Waals surface area contributed by atoms with Gasteiger partial charge < -0.3 is 5.11 Å². The van der Waals surface area contributed by atoms with Gasteiger partial charge in [0.2, 0.25) is 0 Å². The van der Waals surface area contributed by atoms with E-state index in [9.17, 15) is 0 Å². The van der Waals surface area contributed by atoms with Gasteiger partial charge in [-0.25, -0.2) is 0 Å². The molecule has 1 aliphatic rings. The normalized spacial score (nSPS) is 40.9. The summed E-state index contributed by atoms with van der Waals surface area (Å²) in [5, 5.41) is 10.6. The number of nitrogens with zero attached hydrogens (tertiary/aromatic N) is 1. The molecular weight excluding hydrogens is 106 g/mol. The van der Waals surface area contributed by atoms with E-state index in [4.69, 9.17) is 9.94 Å². The van der Waals surface area contributed by atoms with Crippen LogP contribution in [0.1, 0.15) is 6.92 Å².